The second-order valence-corrected chi connectivity index (χ2v) is 6.69. The third-order valence-corrected chi connectivity index (χ3v) is 4.59. The van der Waals surface area contributed by atoms with Gasteiger partial charge < -0.3 is 15.4 Å². The molecule has 3 rings (SSSR count). The van der Waals surface area contributed by atoms with Gasteiger partial charge in [0, 0.05) is 24.0 Å². The number of amides is 1. The molecule has 0 bridgehead atoms. The van der Waals surface area contributed by atoms with Crippen LogP contribution in [0.3, 0.4) is 0 Å². The van der Waals surface area contributed by atoms with Gasteiger partial charge in [-0.3, -0.25) is 4.79 Å². The molecule has 2 heterocycles. The second-order valence-electron chi connectivity index (χ2n) is 5.57. The van der Waals surface area contributed by atoms with E-state index < -0.39 is 17.8 Å². The van der Waals surface area contributed by atoms with Gasteiger partial charge >= 0.3 is 6.18 Å². The number of nitrogens with one attached hydrogen (secondary N) is 2. The molecule has 0 saturated carbocycles. The summed E-state index contributed by atoms with van der Waals surface area (Å²) in [6.45, 7) is 1.52. The lowest BCUT2D eigenvalue weighted by Gasteiger charge is -2.22. The zero-order valence-corrected chi connectivity index (χ0v) is 13.9. The Morgan fingerprint density at radius 3 is 2.76 bits per heavy atom. The quantitative estimate of drug-likeness (QED) is 0.868. The highest BCUT2D eigenvalue weighted by Gasteiger charge is 2.30. The number of hydrogen-bond donors (Lipinski definition) is 2. The Labute approximate surface area is 146 Å². The number of rotatable bonds is 4. The Hall–Kier alpha value is -1.97. The van der Waals surface area contributed by atoms with E-state index in [0.717, 1.165) is 22.6 Å². The molecular formula is C16H16F3N3O2S. The number of halogens is 3. The Bertz CT molecular complexity index is 725. The molecular weight excluding hydrogens is 355 g/mol. The van der Waals surface area contributed by atoms with E-state index in [0.29, 0.717) is 31.3 Å². The molecule has 2 aromatic rings. The zero-order valence-electron chi connectivity index (χ0n) is 13.1. The SMILES string of the molecule is O=C(Nc1ncc(Cc2ccc(C(F)(F)F)cc2)s1)C1COCCN1. The number of carbonyl (C=O) groups excluding carboxylic acids is 1. The number of anilines is 1. The van der Waals surface area contributed by atoms with Crippen LogP contribution in [0.4, 0.5) is 18.3 Å². The van der Waals surface area contributed by atoms with Crippen LogP contribution in [0.15, 0.2) is 30.5 Å². The number of benzene rings is 1. The highest BCUT2D eigenvalue weighted by atomic mass is 32.1. The molecule has 2 N–H and O–H groups in total. The lowest BCUT2D eigenvalue weighted by atomic mass is 10.1. The average molecular weight is 371 g/mol. The van der Waals surface area contributed by atoms with Gasteiger partial charge in [0.1, 0.15) is 6.04 Å². The molecule has 1 amide bonds. The first-order chi connectivity index (χ1) is 11.9. The molecule has 5 nitrogen and oxygen atoms in total. The standard InChI is InChI=1S/C16H16F3N3O2S/c17-16(18,19)11-3-1-10(2-4-11)7-12-8-21-15(25-12)22-14(23)13-9-24-6-5-20-13/h1-4,8,13,20H,5-7,9H2,(H,21,22,23). The monoisotopic (exact) mass is 371 g/mol. The van der Waals surface area contributed by atoms with Crippen molar-refractivity contribution in [3.05, 3.63) is 46.5 Å². The van der Waals surface area contributed by atoms with Crippen molar-refractivity contribution in [3.63, 3.8) is 0 Å². The molecule has 0 spiro atoms. The summed E-state index contributed by atoms with van der Waals surface area (Å²) in [4.78, 5) is 17.1. The van der Waals surface area contributed by atoms with E-state index in [1.54, 1.807) is 6.20 Å². The number of thiazole rings is 1. The van der Waals surface area contributed by atoms with Crippen LogP contribution in [-0.2, 0) is 22.1 Å². The number of morpholine rings is 1. The molecule has 1 fully saturated rings. The molecule has 0 aliphatic carbocycles. The van der Waals surface area contributed by atoms with Crippen LogP contribution < -0.4 is 10.6 Å². The lowest BCUT2D eigenvalue weighted by Crippen LogP contribution is -2.48. The Balaban J connectivity index is 1.59. The minimum atomic E-state index is -4.34. The summed E-state index contributed by atoms with van der Waals surface area (Å²) >= 11 is 1.30. The van der Waals surface area contributed by atoms with Gasteiger partial charge in [-0.05, 0) is 17.7 Å². The van der Waals surface area contributed by atoms with E-state index >= 15 is 0 Å². The molecule has 25 heavy (non-hydrogen) atoms. The van der Waals surface area contributed by atoms with Gasteiger partial charge in [-0.15, -0.1) is 11.3 Å². The maximum Gasteiger partial charge on any atom is 0.416 e. The first kappa shape index (κ1) is 17.8. The summed E-state index contributed by atoms with van der Waals surface area (Å²) in [5, 5.41) is 6.23. The van der Waals surface area contributed by atoms with E-state index in [-0.39, 0.29) is 5.91 Å². The van der Waals surface area contributed by atoms with Crippen LogP contribution in [0.1, 0.15) is 16.0 Å². The van der Waals surface area contributed by atoms with E-state index in [4.69, 9.17) is 4.74 Å². The van der Waals surface area contributed by atoms with Crippen LogP contribution in [0.5, 0.6) is 0 Å². The first-order valence-electron chi connectivity index (χ1n) is 7.64. The normalized spacial score (nSPS) is 18.1. The van der Waals surface area contributed by atoms with Crippen molar-refractivity contribution in [2.75, 3.05) is 25.1 Å². The van der Waals surface area contributed by atoms with Gasteiger partial charge in [0.2, 0.25) is 5.91 Å². The summed E-state index contributed by atoms with van der Waals surface area (Å²) in [5.41, 5.74) is 0.0765. The predicted octanol–water partition coefficient (Wildman–Crippen LogP) is 2.68. The second kappa shape index (κ2) is 7.51. The number of hydrogen-bond acceptors (Lipinski definition) is 5. The molecule has 134 valence electrons. The topological polar surface area (TPSA) is 63.2 Å². The summed E-state index contributed by atoms with van der Waals surface area (Å²) in [6, 6.07) is 4.62. The third-order valence-electron chi connectivity index (χ3n) is 3.68. The van der Waals surface area contributed by atoms with Crippen LogP contribution in [-0.4, -0.2) is 36.7 Å². The van der Waals surface area contributed by atoms with Crippen LogP contribution >= 0.6 is 11.3 Å². The maximum atomic E-state index is 12.6. The minimum Gasteiger partial charge on any atom is -0.378 e. The van der Waals surface area contributed by atoms with Gasteiger partial charge in [-0.1, -0.05) is 12.1 Å². The highest BCUT2D eigenvalue weighted by Crippen LogP contribution is 2.29. The van der Waals surface area contributed by atoms with Crippen LogP contribution in [0.25, 0.3) is 0 Å². The smallest absolute Gasteiger partial charge is 0.378 e. The summed E-state index contributed by atoms with van der Waals surface area (Å²) in [5.74, 6) is -0.213. The van der Waals surface area contributed by atoms with Crippen molar-refractivity contribution in [1.29, 1.82) is 0 Å². The van der Waals surface area contributed by atoms with E-state index in [1.807, 2.05) is 0 Å². The fourth-order valence-electron chi connectivity index (χ4n) is 2.39. The van der Waals surface area contributed by atoms with Gasteiger partial charge in [-0.2, -0.15) is 13.2 Å². The number of ether oxygens (including phenoxy) is 1. The van der Waals surface area contributed by atoms with E-state index in [2.05, 4.69) is 15.6 Å². The molecule has 1 atom stereocenters. The Morgan fingerprint density at radius 1 is 1.36 bits per heavy atom. The molecule has 1 unspecified atom stereocenters. The maximum absolute atomic E-state index is 12.6. The lowest BCUT2D eigenvalue weighted by molar-refractivity contribution is -0.137. The number of carbonyl (C=O) groups is 1. The van der Waals surface area contributed by atoms with Gasteiger partial charge in [0.05, 0.1) is 18.8 Å². The van der Waals surface area contributed by atoms with E-state index in [1.165, 1.54) is 23.5 Å². The van der Waals surface area contributed by atoms with Crippen molar-refractivity contribution >= 4 is 22.4 Å². The third kappa shape index (κ3) is 4.77. The molecule has 1 aromatic carbocycles. The number of nitrogens with zero attached hydrogens (tertiary/aromatic N) is 1. The molecule has 1 aromatic heterocycles. The van der Waals surface area contributed by atoms with Crippen molar-refractivity contribution < 1.29 is 22.7 Å². The van der Waals surface area contributed by atoms with E-state index in [9.17, 15) is 18.0 Å². The molecule has 1 saturated heterocycles. The Morgan fingerprint density at radius 2 is 2.12 bits per heavy atom. The van der Waals surface area contributed by atoms with Gasteiger partial charge in [0.25, 0.3) is 0 Å². The van der Waals surface area contributed by atoms with Crippen molar-refractivity contribution in [2.45, 2.75) is 18.6 Å². The minimum absolute atomic E-state index is 0.213. The molecule has 9 heteroatoms. The highest BCUT2D eigenvalue weighted by molar-refractivity contribution is 7.15. The van der Waals surface area contributed by atoms with Crippen LogP contribution in [0, 0.1) is 0 Å². The Kier molecular flexibility index (Phi) is 5.36. The predicted molar refractivity (Wildman–Crippen MR) is 87.6 cm³/mol. The largest absolute Gasteiger partial charge is 0.416 e. The van der Waals surface area contributed by atoms with Crippen LogP contribution in [0.2, 0.25) is 0 Å². The first-order valence-corrected chi connectivity index (χ1v) is 8.46. The molecule has 1 aliphatic heterocycles. The van der Waals surface area contributed by atoms with Gasteiger partial charge in [0.15, 0.2) is 5.13 Å². The van der Waals surface area contributed by atoms with Gasteiger partial charge in [-0.25, -0.2) is 4.98 Å². The number of aromatic nitrogens is 1. The summed E-state index contributed by atoms with van der Waals surface area (Å²) in [6.07, 6.45) is -2.27. The average Bonchev–Trinajstić information content (AvgIpc) is 3.02. The van der Waals surface area contributed by atoms with Crippen molar-refractivity contribution in [1.82, 2.24) is 10.3 Å². The zero-order chi connectivity index (χ0) is 17.9. The fraction of sp³-hybridized carbons (Fsp3) is 0.375. The number of alkyl halides is 3. The fourth-order valence-corrected chi connectivity index (χ4v) is 3.24. The summed E-state index contributed by atoms with van der Waals surface area (Å²) in [7, 11) is 0. The molecule has 0 radical (unpaired) electrons. The van der Waals surface area contributed by atoms with Crippen molar-refractivity contribution in [3.8, 4) is 0 Å². The van der Waals surface area contributed by atoms with Crippen molar-refractivity contribution in [2.24, 2.45) is 0 Å². The summed E-state index contributed by atoms with van der Waals surface area (Å²) < 4.78 is 42.9. The molecule has 1 aliphatic rings.